The Morgan fingerprint density at radius 3 is 3.00 bits per heavy atom. The summed E-state index contributed by atoms with van der Waals surface area (Å²) in [5, 5.41) is 9.98. The van der Waals surface area contributed by atoms with Crippen LogP contribution in [0, 0.1) is 0 Å². The maximum Gasteiger partial charge on any atom is 0.251 e. The lowest BCUT2D eigenvalue weighted by Gasteiger charge is -2.11. The van der Waals surface area contributed by atoms with Crippen molar-refractivity contribution in [3.63, 3.8) is 0 Å². The number of benzene rings is 1. The predicted octanol–water partition coefficient (Wildman–Crippen LogP) is 1.33. The Balaban J connectivity index is 1.89. The van der Waals surface area contributed by atoms with Gasteiger partial charge in [-0.15, -0.1) is 0 Å². The molecule has 0 bridgehead atoms. The molecule has 2 rings (SSSR count). The molecule has 0 radical (unpaired) electrons. The third kappa shape index (κ3) is 3.50. The van der Waals surface area contributed by atoms with Gasteiger partial charge in [-0.2, -0.15) is 5.10 Å². The fraction of sp³-hybridized carbons (Fsp3) is 0.286. The van der Waals surface area contributed by atoms with E-state index in [-0.39, 0.29) is 5.91 Å². The highest BCUT2D eigenvalue weighted by atomic mass is 16.1. The molecule has 20 heavy (non-hydrogen) atoms. The molecule has 0 aliphatic carbocycles. The van der Waals surface area contributed by atoms with Crippen LogP contribution in [0.3, 0.4) is 0 Å². The average molecular weight is 273 g/mol. The van der Waals surface area contributed by atoms with E-state index in [4.69, 9.17) is 5.73 Å². The molecule has 2 aromatic rings. The van der Waals surface area contributed by atoms with Crippen LogP contribution < -0.4 is 16.4 Å². The molecule has 6 heteroatoms. The minimum absolute atomic E-state index is 0.121. The Hall–Kier alpha value is -2.50. The molecule has 0 spiro atoms. The maximum atomic E-state index is 11.6. The molecule has 0 aliphatic rings. The van der Waals surface area contributed by atoms with Crippen molar-refractivity contribution in [1.29, 1.82) is 0 Å². The smallest absolute Gasteiger partial charge is 0.251 e. The quantitative estimate of drug-likeness (QED) is 0.547. The van der Waals surface area contributed by atoms with Crippen LogP contribution in [0.5, 0.6) is 0 Å². The molecule has 1 aromatic heterocycles. The lowest BCUT2D eigenvalue weighted by atomic mass is 10.1. The third-order valence-electron chi connectivity index (χ3n) is 2.98. The minimum atomic E-state index is -0.121. The van der Waals surface area contributed by atoms with Gasteiger partial charge in [0.1, 0.15) is 0 Å². The molecule has 0 fully saturated rings. The van der Waals surface area contributed by atoms with E-state index in [1.807, 2.05) is 16.9 Å². The number of rotatable bonds is 6. The first-order valence-corrected chi connectivity index (χ1v) is 6.53. The molecular weight excluding hydrogens is 254 g/mol. The molecule has 106 valence electrons. The molecular formula is C14H19N5O. The van der Waals surface area contributed by atoms with Crippen molar-refractivity contribution in [2.24, 2.45) is 0 Å². The number of aromatic nitrogens is 2. The number of nitrogens with one attached hydrogen (secondary N) is 2. The van der Waals surface area contributed by atoms with Gasteiger partial charge in [-0.25, -0.2) is 0 Å². The zero-order chi connectivity index (χ0) is 14.4. The lowest BCUT2D eigenvalue weighted by Crippen LogP contribution is -2.18. The zero-order valence-electron chi connectivity index (χ0n) is 11.5. The number of carbonyl (C=O) groups excluding carboxylic acids is 1. The van der Waals surface area contributed by atoms with Gasteiger partial charge in [0.25, 0.3) is 5.91 Å². The van der Waals surface area contributed by atoms with E-state index in [2.05, 4.69) is 15.7 Å². The van der Waals surface area contributed by atoms with Gasteiger partial charge in [0, 0.05) is 38.1 Å². The number of nitrogens with zero attached hydrogens (tertiary/aromatic N) is 2. The van der Waals surface area contributed by atoms with Crippen LogP contribution in [0.15, 0.2) is 36.7 Å². The van der Waals surface area contributed by atoms with Gasteiger partial charge >= 0.3 is 0 Å². The molecule has 1 aromatic carbocycles. The normalized spacial score (nSPS) is 10.2. The molecule has 0 saturated carbocycles. The monoisotopic (exact) mass is 273 g/mol. The Morgan fingerprint density at radius 1 is 1.45 bits per heavy atom. The largest absolute Gasteiger partial charge is 0.397 e. The van der Waals surface area contributed by atoms with Crippen molar-refractivity contribution < 1.29 is 4.79 Å². The molecule has 6 nitrogen and oxygen atoms in total. The summed E-state index contributed by atoms with van der Waals surface area (Å²) in [4.78, 5) is 11.6. The summed E-state index contributed by atoms with van der Waals surface area (Å²) in [7, 11) is 1.61. The summed E-state index contributed by atoms with van der Waals surface area (Å²) in [6.07, 6.45) is 4.62. The molecule has 0 unspecified atom stereocenters. The van der Waals surface area contributed by atoms with Crippen LogP contribution in [-0.2, 0) is 6.54 Å². The van der Waals surface area contributed by atoms with Crippen LogP contribution in [-0.4, -0.2) is 29.3 Å². The van der Waals surface area contributed by atoms with E-state index in [0.717, 1.165) is 25.2 Å². The fourth-order valence-electron chi connectivity index (χ4n) is 1.89. The van der Waals surface area contributed by atoms with Crippen LogP contribution in [0.25, 0.3) is 0 Å². The molecule has 1 amide bonds. The number of nitrogens with two attached hydrogens (primary N) is 1. The van der Waals surface area contributed by atoms with Crippen molar-refractivity contribution in [3.8, 4) is 0 Å². The molecule has 1 heterocycles. The number of anilines is 2. The Bertz CT molecular complexity index is 565. The van der Waals surface area contributed by atoms with Gasteiger partial charge in [-0.3, -0.25) is 9.48 Å². The first-order chi connectivity index (χ1) is 9.70. The summed E-state index contributed by atoms with van der Waals surface area (Å²) in [5.74, 6) is -0.121. The average Bonchev–Trinajstić information content (AvgIpc) is 2.97. The van der Waals surface area contributed by atoms with Gasteiger partial charge in [0.05, 0.1) is 11.4 Å². The van der Waals surface area contributed by atoms with E-state index in [0.29, 0.717) is 11.3 Å². The van der Waals surface area contributed by atoms with Gasteiger partial charge < -0.3 is 16.4 Å². The van der Waals surface area contributed by atoms with Crippen LogP contribution in [0.4, 0.5) is 11.4 Å². The summed E-state index contributed by atoms with van der Waals surface area (Å²) in [6, 6.07) is 7.11. The number of amides is 1. The first-order valence-electron chi connectivity index (χ1n) is 6.53. The number of aryl methyl sites for hydroxylation is 1. The zero-order valence-corrected chi connectivity index (χ0v) is 11.5. The van der Waals surface area contributed by atoms with Crippen molar-refractivity contribution >= 4 is 17.3 Å². The van der Waals surface area contributed by atoms with Gasteiger partial charge in [-0.1, -0.05) is 0 Å². The molecule has 0 aliphatic heterocycles. The van der Waals surface area contributed by atoms with E-state index in [1.54, 1.807) is 31.4 Å². The second-order valence-electron chi connectivity index (χ2n) is 4.43. The van der Waals surface area contributed by atoms with Crippen molar-refractivity contribution in [1.82, 2.24) is 15.1 Å². The number of hydrogen-bond donors (Lipinski definition) is 3. The van der Waals surface area contributed by atoms with Gasteiger partial charge in [-0.05, 0) is 30.7 Å². The van der Waals surface area contributed by atoms with Crippen molar-refractivity contribution in [2.75, 3.05) is 24.6 Å². The van der Waals surface area contributed by atoms with Gasteiger partial charge in [0.2, 0.25) is 0 Å². The van der Waals surface area contributed by atoms with Crippen molar-refractivity contribution in [2.45, 2.75) is 13.0 Å². The molecule has 4 N–H and O–H groups in total. The first kappa shape index (κ1) is 13.9. The summed E-state index contributed by atoms with van der Waals surface area (Å²) < 4.78 is 1.88. The predicted molar refractivity (Wildman–Crippen MR) is 79.6 cm³/mol. The van der Waals surface area contributed by atoms with E-state index < -0.39 is 0 Å². The Morgan fingerprint density at radius 2 is 2.30 bits per heavy atom. The minimum Gasteiger partial charge on any atom is -0.397 e. The SMILES string of the molecule is CNC(=O)c1ccc(N)c(NCCCn2cccn2)c1. The lowest BCUT2D eigenvalue weighted by molar-refractivity contribution is 0.0963. The van der Waals surface area contributed by atoms with Crippen LogP contribution in [0.1, 0.15) is 16.8 Å². The summed E-state index contributed by atoms with van der Waals surface area (Å²) >= 11 is 0. The fourth-order valence-corrected chi connectivity index (χ4v) is 1.89. The number of hydrogen-bond acceptors (Lipinski definition) is 4. The maximum absolute atomic E-state index is 11.6. The topological polar surface area (TPSA) is 85.0 Å². The summed E-state index contributed by atoms with van der Waals surface area (Å²) in [6.45, 7) is 1.61. The van der Waals surface area contributed by atoms with E-state index >= 15 is 0 Å². The second kappa shape index (κ2) is 6.60. The Kier molecular flexibility index (Phi) is 4.60. The van der Waals surface area contributed by atoms with E-state index in [1.165, 1.54) is 0 Å². The van der Waals surface area contributed by atoms with Crippen LogP contribution >= 0.6 is 0 Å². The van der Waals surface area contributed by atoms with Crippen molar-refractivity contribution in [3.05, 3.63) is 42.2 Å². The van der Waals surface area contributed by atoms with Crippen LogP contribution in [0.2, 0.25) is 0 Å². The highest BCUT2D eigenvalue weighted by Gasteiger charge is 2.06. The highest BCUT2D eigenvalue weighted by Crippen LogP contribution is 2.20. The molecule has 0 atom stereocenters. The Labute approximate surface area is 118 Å². The molecule has 0 saturated heterocycles. The van der Waals surface area contributed by atoms with Gasteiger partial charge in [0.15, 0.2) is 0 Å². The van der Waals surface area contributed by atoms with E-state index in [9.17, 15) is 4.79 Å². The highest BCUT2D eigenvalue weighted by molar-refractivity contribution is 5.96. The summed E-state index contributed by atoms with van der Waals surface area (Å²) in [5.41, 5.74) is 7.91. The standard InChI is InChI=1S/C14H19N5O/c1-16-14(20)11-4-5-12(15)13(10-11)17-6-2-8-19-9-3-7-18-19/h3-5,7,9-10,17H,2,6,8,15H2,1H3,(H,16,20). The second-order valence-corrected chi connectivity index (χ2v) is 4.43. The number of nitrogen functional groups attached to an aromatic ring is 1. The third-order valence-corrected chi connectivity index (χ3v) is 2.98. The number of carbonyl (C=O) groups is 1.